The number of aliphatic hydroxyl groups excluding tert-OH is 3. The Morgan fingerprint density at radius 3 is 2.29 bits per heavy atom. The molecule has 0 amide bonds. The Bertz CT molecular complexity index is 199. The van der Waals surface area contributed by atoms with E-state index in [1.54, 1.807) is 0 Å². The van der Waals surface area contributed by atoms with Gasteiger partial charge in [0.05, 0.1) is 31.4 Å². The molecule has 14 heavy (non-hydrogen) atoms. The summed E-state index contributed by atoms with van der Waals surface area (Å²) in [4.78, 5) is 0.829. The van der Waals surface area contributed by atoms with Crippen LogP contribution in [0.5, 0.6) is 0 Å². The molecule has 1 aliphatic heterocycles. The van der Waals surface area contributed by atoms with Gasteiger partial charge in [0.1, 0.15) is 0 Å². The van der Waals surface area contributed by atoms with Gasteiger partial charge < -0.3 is 15.3 Å². The fourth-order valence-corrected chi connectivity index (χ4v) is 1.59. The number of alkyl halides is 3. The molecule has 0 aromatic heterocycles. The minimum Gasteiger partial charge on any atom is -0.395 e. The fraction of sp³-hybridized carbons (Fsp3) is 1.00. The lowest BCUT2D eigenvalue weighted by Crippen LogP contribution is -2.43. The van der Waals surface area contributed by atoms with Crippen LogP contribution in [0.1, 0.15) is 0 Å². The second kappa shape index (κ2) is 4.01. The molecule has 7 heteroatoms. The van der Waals surface area contributed by atoms with Gasteiger partial charge in [-0.05, 0) is 0 Å². The Morgan fingerprint density at radius 1 is 1.29 bits per heavy atom. The van der Waals surface area contributed by atoms with Crippen LogP contribution >= 0.6 is 0 Å². The highest BCUT2D eigenvalue weighted by atomic mass is 19.4. The van der Waals surface area contributed by atoms with Crippen molar-refractivity contribution in [3.05, 3.63) is 0 Å². The zero-order valence-corrected chi connectivity index (χ0v) is 7.28. The first-order valence-corrected chi connectivity index (χ1v) is 4.13. The summed E-state index contributed by atoms with van der Waals surface area (Å²) in [6, 6.07) is -1.04. The standard InChI is InChI=1S/C7H12F3NO3/c8-7(9,10)3-11-1-5(13)6(14)4(11)2-12/h4-6,12-14H,1-3H2/t4-,5-,6-/m1/s1. The Morgan fingerprint density at radius 2 is 1.86 bits per heavy atom. The highest BCUT2D eigenvalue weighted by Gasteiger charge is 2.44. The van der Waals surface area contributed by atoms with Gasteiger partial charge in [0.15, 0.2) is 0 Å². The summed E-state index contributed by atoms with van der Waals surface area (Å²) < 4.78 is 36.0. The number of nitrogens with zero attached hydrogens (tertiary/aromatic N) is 1. The van der Waals surface area contributed by atoms with Crippen LogP contribution in [-0.4, -0.2) is 64.3 Å². The van der Waals surface area contributed by atoms with Crippen LogP contribution in [0.25, 0.3) is 0 Å². The Kier molecular flexibility index (Phi) is 3.36. The van der Waals surface area contributed by atoms with Crippen LogP contribution in [0.15, 0.2) is 0 Å². The maximum absolute atomic E-state index is 12.0. The van der Waals surface area contributed by atoms with Crippen molar-refractivity contribution in [2.24, 2.45) is 0 Å². The van der Waals surface area contributed by atoms with Crippen LogP contribution in [-0.2, 0) is 0 Å². The van der Waals surface area contributed by atoms with Crippen molar-refractivity contribution in [1.29, 1.82) is 0 Å². The van der Waals surface area contributed by atoms with Crippen molar-refractivity contribution in [2.45, 2.75) is 24.4 Å². The molecular formula is C7H12F3NO3. The first kappa shape index (κ1) is 11.7. The highest BCUT2D eigenvalue weighted by Crippen LogP contribution is 2.24. The molecule has 1 fully saturated rings. The summed E-state index contributed by atoms with van der Waals surface area (Å²) in [6.07, 6.45) is -6.94. The average Bonchev–Trinajstić information content (AvgIpc) is 2.24. The normalized spacial score (nSPS) is 35.1. The molecule has 1 aliphatic rings. The van der Waals surface area contributed by atoms with Gasteiger partial charge >= 0.3 is 6.18 Å². The number of halogens is 3. The summed E-state index contributed by atoms with van der Waals surface area (Å²) in [5.74, 6) is 0. The molecule has 0 aliphatic carbocycles. The Balaban J connectivity index is 2.61. The van der Waals surface area contributed by atoms with E-state index in [0.717, 1.165) is 4.90 Å². The molecule has 0 radical (unpaired) electrons. The molecule has 1 rings (SSSR count). The van der Waals surface area contributed by atoms with Crippen LogP contribution in [0.2, 0.25) is 0 Å². The van der Waals surface area contributed by atoms with Crippen molar-refractivity contribution in [3.8, 4) is 0 Å². The van der Waals surface area contributed by atoms with Gasteiger partial charge in [0.2, 0.25) is 0 Å². The molecule has 3 atom stereocenters. The highest BCUT2D eigenvalue weighted by molar-refractivity contribution is 4.93. The van der Waals surface area contributed by atoms with E-state index >= 15 is 0 Å². The van der Waals surface area contributed by atoms with Crippen molar-refractivity contribution < 1.29 is 28.5 Å². The lowest BCUT2D eigenvalue weighted by atomic mass is 10.1. The van der Waals surface area contributed by atoms with Gasteiger partial charge in [0.25, 0.3) is 0 Å². The topological polar surface area (TPSA) is 63.9 Å². The van der Waals surface area contributed by atoms with Gasteiger partial charge in [-0.25, -0.2) is 0 Å². The lowest BCUT2D eigenvalue weighted by molar-refractivity contribution is -0.150. The fourth-order valence-electron chi connectivity index (χ4n) is 1.59. The molecule has 0 spiro atoms. The number of β-amino-alcohol motifs (C(OH)–C–C–N with tert-alkyl or cyclic N) is 1. The van der Waals surface area contributed by atoms with E-state index in [1.165, 1.54) is 0 Å². The van der Waals surface area contributed by atoms with Crippen molar-refractivity contribution >= 4 is 0 Å². The van der Waals surface area contributed by atoms with Crippen LogP contribution in [0.3, 0.4) is 0 Å². The van der Waals surface area contributed by atoms with E-state index in [1.807, 2.05) is 0 Å². The predicted octanol–water partition coefficient (Wildman–Crippen LogP) is -1.05. The summed E-state index contributed by atoms with van der Waals surface area (Å²) in [6.45, 7) is -2.10. The van der Waals surface area contributed by atoms with Crippen LogP contribution in [0, 0.1) is 0 Å². The zero-order valence-electron chi connectivity index (χ0n) is 7.28. The molecule has 3 N–H and O–H groups in total. The summed E-state index contributed by atoms with van der Waals surface area (Å²) >= 11 is 0. The largest absolute Gasteiger partial charge is 0.401 e. The molecule has 0 saturated carbocycles. The quantitative estimate of drug-likeness (QED) is 0.550. The number of hydrogen-bond acceptors (Lipinski definition) is 4. The molecule has 84 valence electrons. The summed E-state index contributed by atoms with van der Waals surface area (Å²) in [7, 11) is 0. The molecule has 0 aromatic rings. The molecular weight excluding hydrogens is 203 g/mol. The van der Waals surface area contributed by atoms with Crippen molar-refractivity contribution in [2.75, 3.05) is 19.7 Å². The second-order valence-corrected chi connectivity index (χ2v) is 3.35. The predicted molar refractivity (Wildman–Crippen MR) is 40.5 cm³/mol. The third-order valence-electron chi connectivity index (χ3n) is 2.25. The molecule has 0 unspecified atom stereocenters. The van der Waals surface area contributed by atoms with Gasteiger partial charge in [-0.15, -0.1) is 0 Å². The Labute approximate surface area is 78.6 Å². The first-order chi connectivity index (χ1) is 6.35. The number of hydrogen-bond donors (Lipinski definition) is 3. The smallest absolute Gasteiger partial charge is 0.395 e. The third kappa shape index (κ3) is 2.57. The monoisotopic (exact) mass is 215 g/mol. The second-order valence-electron chi connectivity index (χ2n) is 3.35. The molecule has 0 bridgehead atoms. The van der Waals surface area contributed by atoms with Crippen molar-refractivity contribution in [1.82, 2.24) is 4.90 Å². The molecule has 1 saturated heterocycles. The molecule has 4 nitrogen and oxygen atoms in total. The molecule has 1 heterocycles. The number of aliphatic hydroxyl groups is 3. The number of likely N-dealkylation sites (tertiary alicyclic amines) is 1. The van der Waals surface area contributed by atoms with E-state index < -0.39 is 37.6 Å². The maximum atomic E-state index is 12.0. The van der Waals surface area contributed by atoms with Gasteiger partial charge in [-0.2, -0.15) is 13.2 Å². The van der Waals surface area contributed by atoms with Crippen LogP contribution in [0.4, 0.5) is 13.2 Å². The first-order valence-electron chi connectivity index (χ1n) is 4.13. The maximum Gasteiger partial charge on any atom is 0.401 e. The Hall–Kier alpha value is -0.370. The summed E-state index contributed by atoms with van der Waals surface area (Å²) in [5, 5.41) is 27.0. The zero-order chi connectivity index (χ0) is 10.9. The third-order valence-corrected chi connectivity index (χ3v) is 2.25. The molecule has 0 aromatic carbocycles. The lowest BCUT2D eigenvalue weighted by Gasteiger charge is -2.24. The van der Waals surface area contributed by atoms with Crippen molar-refractivity contribution in [3.63, 3.8) is 0 Å². The van der Waals surface area contributed by atoms with Gasteiger partial charge in [-0.1, -0.05) is 0 Å². The van der Waals surface area contributed by atoms with E-state index in [-0.39, 0.29) is 6.54 Å². The van der Waals surface area contributed by atoms with Crippen LogP contribution < -0.4 is 0 Å². The summed E-state index contributed by atoms with van der Waals surface area (Å²) in [5.41, 5.74) is 0. The van der Waals surface area contributed by atoms with Gasteiger partial charge in [-0.3, -0.25) is 4.90 Å². The van der Waals surface area contributed by atoms with E-state index in [2.05, 4.69) is 0 Å². The average molecular weight is 215 g/mol. The SMILES string of the molecule is OC[C@@H]1[C@@H](O)[C@H](O)CN1CC(F)(F)F. The van der Waals surface area contributed by atoms with E-state index in [0.29, 0.717) is 0 Å². The van der Waals surface area contributed by atoms with E-state index in [4.69, 9.17) is 10.2 Å². The minimum absolute atomic E-state index is 0.272. The van der Waals surface area contributed by atoms with E-state index in [9.17, 15) is 18.3 Å². The number of rotatable bonds is 2. The minimum atomic E-state index is -4.39. The van der Waals surface area contributed by atoms with Gasteiger partial charge in [0, 0.05) is 6.54 Å².